The highest BCUT2D eigenvalue weighted by Crippen LogP contribution is 2.18. The van der Waals surface area contributed by atoms with Crippen molar-refractivity contribution in [2.45, 2.75) is 13.8 Å². The van der Waals surface area contributed by atoms with Crippen LogP contribution in [-0.2, 0) is 0 Å². The smallest absolute Gasteiger partial charge is 0.257 e. The van der Waals surface area contributed by atoms with Crippen molar-refractivity contribution >= 4 is 5.91 Å². The van der Waals surface area contributed by atoms with Crippen molar-refractivity contribution in [3.05, 3.63) is 47.5 Å². The number of hydrogen-bond acceptors (Lipinski definition) is 3. The highest BCUT2D eigenvalue weighted by molar-refractivity contribution is 5.95. The van der Waals surface area contributed by atoms with Crippen LogP contribution in [0.15, 0.2) is 30.5 Å². The Morgan fingerprint density at radius 1 is 1.43 bits per heavy atom. The number of carbonyl (C=O) groups excluding carboxylic acids is 1. The summed E-state index contributed by atoms with van der Waals surface area (Å²) in [6.45, 7) is 4.22. The number of carbonyl (C=O) groups is 1. The lowest BCUT2D eigenvalue weighted by molar-refractivity contribution is 0.0731. The molecule has 1 aromatic carbocycles. The monoisotopic (exact) mass is 291 g/mol. The summed E-state index contributed by atoms with van der Waals surface area (Å²) in [5.41, 5.74) is 1.29. The van der Waals surface area contributed by atoms with Crippen LogP contribution in [0.4, 0.5) is 4.39 Å². The van der Waals surface area contributed by atoms with E-state index in [1.54, 1.807) is 25.1 Å². The predicted octanol–water partition coefficient (Wildman–Crippen LogP) is 1.77. The average molecular weight is 291 g/mol. The molecule has 0 unspecified atom stereocenters. The molecule has 21 heavy (non-hydrogen) atoms. The number of likely N-dealkylation sites (N-methyl/N-ethyl adjacent to an activating group) is 1. The molecular weight excluding hydrogens is 273 g/mol. The van der Waals surface area contributed by atoms with Gasteiger partial charge in [0.15, 0.2) is 0 Å². The van der Waals surface area contributed by atoms with E-state index in [4.69, 9.17) is 5.11 Å². The number of hydrogen-bond donors (Lipinski definition) is 1. The van der Waals surface area contributed by atoms with E-state index in [2.05, 4.69) is 5.10 Å². The molecule has 2 rings (SSSR count). The minimum atomic E-state index is -0.398. The van der Waals surface area contributed by atoms with Gasteiger partial charge in [-0.15, -0.1) is 0 Å². The summed E-state index contributed by atoms with van der Waals surface area (Å²) in [6, 6.07) is 6.27. The Morgan fingerprint density at radius 3 is 2.76 bits per heavy atom. The fourth-order valence-corrected chi connectivity index (χ4v) is 2.18. The molecule has 1 heterocycles. The van der Waals surface area contributed by atoms with Crippen LogP contribution in [0.25, 0.3) is 5.69 Å². The van der Waals surface area contributed by atoms with E-state index in [0.29, 0.717) is 23.5 Å². The van der Waals surface area contributed by atoms with Gasteiger partial charge in [0, 0.05) is 13.1 Å². The average Bonchev–Trinajstić information content (AvgIpc) is 2.86. The molecule has 0 spiro atoms. The van der Waals surface area contributed by atoms with E-state index >= 15 is 0 Å². The van der Waals surface area contributed by atoms with Gasteiger partial charge in [-0.1, -0.05) is 12.1 Å². The van der Waals surface area contributed by atoms with Crippen molar-refractivity contribution < 1.29 is 14.3 Å². The van der Waals surface area contributed by atoms with Crippen LogP contribution in [0.2, 0.25) is 0 Å². The van der Waals surface area contributed by atoms with Crippen LogP contribution < -0.4 is 0 Å². The number of aliphatic hydroxyl groups excluding tert-OH is 1. The largest absolute Gasteiger partial charge is 0.395 e. The number of aliphatic hydroxyl groups is 1. The molecule has 0 radical (unpaired) electrons. The van der Waals surface area contributed by atoms with Gasteiger partial charge in [0.2, 0.25) is 0 Å². The number of para-hydroxylation sites is 1. The zero-order valence-corrected chi connectivity index (χ0v) is 12.1. The van der Waals surface area contributed by atoms with E-state index in [9.17, 15) is 9.18 Å². The Labute approximate surface area is 122 Å². The topological polar surface area (TPSA) is 58.4 Å². The third-order valence-corrected chi connectivity index (χ3v) is 3.36. The molecule has 2 aromatic rings. The van der Waals surface area contributed by atoms with Gasteiger partial charge in [-0.25, -0.2) is 9.07 Å². The number of rotatable bonds is 5. The molecule has 1 aromatic heterocycles. The molecule has 0 aliphatic carbocycles. The van der Waals surface area contributed by atoms with Crippen molar-refractivity contribution in [2.75, 3.05) is 19.7 Å². The molecule has 5 nitrogen and oxygen atoms in total. The summed E-state index contributed by atoms with van der Waals surface area (Å²) in [7, 11) is 0. The number of amides is 1. The van der Waals surface area contributed by atoms with Crippen LogP contribution in [-0.4, -0.2) is 45.4 Å². The number of benzene rings is 1. The summed E-state index contributed by atoms with van der Waals surface area (Å²) in [6.07, 6.45) is 1.43. The summed E-state index contributed by atoms with van der Waals surface area (Å²) >= 11 is 0. The Hall–Kier alpha value is -2.21. The Balaban J connectivity index is 2.37. The second-order valence-electron chi connectivity index (χ2n) is 4.62. The molecule has 0 aliphatic rings. The molecule has 0 atom stereocenters. The zero-order chi connectivity index (χ0) is 15.4. The van der Waals surface area contributed by atoms with Gasteiger partial charge >= 0.3 is 0 Å². The Kier molecular flexibility index (Phi) is 4.70. The fourth-order valence-electron chi connectivity index (χ4n) is 2.18. The zero-order valence-electron chi connectivity index (χ0n) is 12.1. The fraction of sp³-hybridized carbons (Fsp3) is 0.333. The van der Waals surface area contributed by atoms with E-state index in [-0.39, 0.29) is 19.1 Å². The minimum Gasteiger partial charge on any atom is -0.395 e. The normalized spacial score (nSPS) is 10.7. The van der Waals surface area contributed by atoms with E-state index in [0.717, 1.165) is 0 Å². The van der Waals surface area contributed by atoms with Crippen LogP contribution in [0, 0.1) is 12.7 Å². The lowest BCUT2D eigenvalue weighted by Gasteiger charge is -2.19. The first kappa shape index (κ1) is 15.2. The van der Waals surface area contributed by atoms with Crippen LogP contribution in [0.5, 0.6) is 0 Å². The van der Waals surface area contributed by atoms with Crippen LogP contribution >= 0.6 is 0 Å². The Bertz CT molecular complexity index is 640. The maximum absolute atomic E-state index is 13.8. The van der Waals surface area contributed by atoms with Gasteiger partial charge in [-0.2, -0.15) is 5.10 Å². The first-order valence-corrected chi connectivity index (χ1v) is 6.79. The molecule has 0 saturated carbocycles. The minimum absolute atomic E-state index is 0.0971. The summed E-state index contributed by atoms with van der Waals surface area (Å²) in [5.74, 6) is -0.614. The Morgan fingerprint density at radius 2 is 2.14 bits per heavy atom. The van der Waals surface area contributed by atoms with Crippen molar-refractivity contribution in [1.82, 2.24) is 14.7 Å². The van der Waals surface area contributed by atoms with Gasteiger partial charge < -0.3 is 10.0 Å². The first-order chi connectivity index (χ1) is 10.1. The van der Waals surface area contributed by atoms with Gasteiger partial charge in [0.25, 0.3) is 5.91 Å². The highest BCUT2D eigenvalue weighted by atomic mass is 19.1. The molecule has 0 fully saturated rings. The summed E-state index contributed by atoms with van der Waals surface area (Å²) in [5, 5.41) is 13.1. The van der Waals surface area contributed by atoms with E-state index in [1.165, 1.54) is 21.8 Å². The van der Waals surface area contributed by atoms with E-state index < -0.39 is 5.82 Å². The summed E-state index contributed by atoms with van der Waals surface area (Å²) in [4.78, 5) is 13.9. The van der Waals surface area contributed by atoms with Gasteiger partial charge in [0.05, 0.1) is 24.1 Å². The quantitative estimate of drug-likeness (QED) is 0.913. The van der Waals surface area contributed by atoms with Crippen LogP contribution in [0.1, 0.15) is 23.0 Å². The van der Waals surface area contributed by atoms with Gasteiger partial charge in [-0.3, -0.25) is 4.79 Å². The lowest BCUT2D eigenvalue weighted by Crippen LogP contribution is -2.33. The number of halogens is 1. The second kappa shape index (κ2) is 6.49. The standard InChI is InChI=1S/C15H18FN3O2/c1-3-18(8-9-20)15(21)12-10-17-19(11(12)2)14-7-5-4-6-13(14)16/h4-7,10,20H,3,8-9H2,1-2H3. The van der Waals surface area contributed by atoms with Gasteiger partial charge in [0.1, 0.15) is 11.5 Å². The molecule has 1 N–H and O–H groups in total. The lowest BCUT2D eigenvalue weighted by atomic mass is 10.2. The first-order valence-electron chi connectivity index (χ1n) is 6.79. The maximum Gasteiger partial charge on any atom is 0.257 e. The second-order valence-corrected chi connectivity index (χ2v) is 4.62. The molecule has 0 saturated heterocycles. The highest BCUT2D eigenvalue weighted by Gasteiger charge is 2.20. The number of aromatic nitrogens is 2. The van der Waals surface area contributed by atoms with Gasteiger partial charge in [-0.05, 0) is 26.0 Å². The summed E-state index contributed by atoms with van der Waals surface area (Å²) < 4.78 is 15.2. The molecular formula is C15H18FN3O2. The molecule has 0 aliphatic heterocycles. The van der Waals surface area contributed by atoms with Crippen molar-refractivity contribution in [1.29, 1.82) is 0 Å². The molecule has 1 amide bonds. The molecule has 6 heteroatoms. The third kappa shape index (κ3) is 2.95. The SMILES string of the molecule is CCN(CCO)C(=O)c1cnn(-c2ccccc2F)c1C. The third-order valence-electron chi connectivity index (χ3n) is 3.36. The molecule has 112 valence electrons. The van der Waals surface area contributed by atoms with Crippen molar-refractivity contribution in [3.8, 4) is 5.69 Å². The number of nitrogens with zero attached hydrogens (tertiary/aromatic N) is 3. The molecule has 0 bridgehead atoms. The maximum atomic E-state index is 13.8. The van der Waals surface area contributed by atoms with Crippen molar-refractivity contribution in [3.63, 3.8) is 0 Å². The van der Waals surface area contributed by atoms with Crippen LogP contribution in [0.3, 0.4) is 0 Å². The van der Waals surface area contributed by atoms with E-state index in [1.807, 2.05) is 6.92 Å². The predicted molar refractivity (Wildman–Crippen MR) is 76.9 cm³/mol. The van der Waals surface area contributed by atoms with Crippen molar-refractivity contribution in [2.24, 2.45) is 0 Å².